The zero-order valence-corrected chi connectivity index (χ0v) is 9.82. The summed E-state index contributed by atoms with van der Waals surface area (Å²) >= 11 is 0. The summed E-state index contributed by atoms with van der Waals surface area (Å²) < 4.78 is 12.7. The number of aromatic nitrogens is 2. The lowest BCUT2D eigenvalue weighted by molar-refractivity contribution is 0.627. The van der Waals surface area contributed by atoms with Crippen molar-refractivity contribution < 1.29 is 4.39 Å². The molecule has 0 atom stereocenters. The van der Waals surface area contributed by atoms with Gasteiger partial charge in [-0.05, 0) is 24.1 Å². The van der Waals surface area contributed by atoms with Crippen molar-refractivity contribution in [1.29, 1.82) is 0 Å². The van der Waals surface area contributed by atoms with E-state index >= 15 is 0 Å². The Labute approximate surface area is 104 Å². The molecular formula is C13H14FN3O. The van der Waals surface area contributed by atoms with Crippen molar-refractivity contribution in [2.75, 3.05) is 0 Å². The molecule has 5 heteroatoms. The lowest BCUT2D eigenvalue weighted by atomic mass is 10.1. The van der Waals surface area contributed by atoms with E-state index in [1.165, 1.54) is 18.3 Å². The maximum Gasteiger partial charge on any atom is 0.255 e. The van der Waals surface area contributed by atoms with E-state index in [1.54, 1.807) is 12.1 Å². The molecule has 1 aromatic heterocycles. The quantitative estimate of drug-likeness (QED) is 0.851. The molecule has 0 spiro atoms. The largest absolute Gasteiger partial charge is 0.326 e. The van der Waals surface area contributed by atoms with E-state index in [0.717, 1.165) is 5.56 Å². The highest BCUT2D eigenvalue weighted by Crippen LogP contribution is 2.05. The van der Waals surface area contributed by atoms with Gasteiger partial charge < -0.3 is 10.7 Å². The third-order valence-corrected chi connectivity index (χ3v) is 2.71. The summed E-state index contributed by atoms with van der Waals surface area (Å²) in [5.74, 6) is 0.360. The van der Waals surface area contributed by atoms with Crippen molar-refractivity contribution in [1.82, 2.24) is 9.97 Å². The molecule has 0 radical (unpaired) electrons. The fourth-order valence-corrected chi connectivity index (χ4v) is 1.64. The van der Waals surface area contributed by atoms with E-state index in [-0.39, 0.29) is 17.9 Å². The minimum absolute atomic E-state index is 0.181. The number of benzene rings is 1. The Morgan fingerprint density at radius 3 is 2.56 bits per heavy atom. The fourth-order valence-electron chi connectivity index (χ4n) is 1.64. The number of hydrogen-bond donors (Lipinski definition) is 2. The summed E-state index contributed by atoms with van der Waals surface area (Å²) in [6, 6.07) is 6.29. The van der Waals surface area contributed by atoms with Crippen LogP contribution >= 0.6 is 0 Å². The molecule has 0 unspecified atom stereocenters. The maximum atomic E-state index is 12.7. The first-order valence-electron chi connectivity index (χ1n) is 5.70. The van der Waals surface area contributed by atoms with Gasteiger partial charge in [0.15, 0.2) is 0 Å². The van der Waals surface area contributed by atoms with E-state index in [9.17, 15) is 9.18 Å². The number of rotatable bonds is 4. The van der Waals surface area contributed by atoms with Crippen molar-refractivity contribution >= 4 is 0 Å². The molecule has 0 saturated heterocycles. The molecule has 0 saturated carbocycles. The van der Waals surface area contributed by atoms with E-state index in [0.29, 0.717) is 24.2 Å². The Balaban J connectivity index is 2.04. The number of nitrogens with two attached hydrogens (primary N) is 1. The van der Waals surface area contributed by atoms with Crippen LogP contribution in [0, 0.1) is 5.82 Å². The second kappa shape index (κ2) is 5.55. The molecule has 0 aliphatic carbocycles. The van der Waals surface area contributed by atoms with Crippen molar-refractivity contribution in [3.8, 4) is 0 Å². The van der Waals surface area contributed by atoms with Crippen LogP contribution in [0.3, 0.4) is 0 Å². The van der Waals surface area contributed by atoms with Crippen LogP contribution in [0.5, 0.6) is 0 Å². The molecule has 4 nitrogen and oxygen atoms in total. The van der Waals surface area contributed by atoms with Crippen molar-refractivity contribution in [3.63, 3.8) is 0 Å². The predicted octanol–water partition coefficient (Wildman–Crippen LogP) is 1.15. The monoisotopic (exact) mass is 247 g/mol. The highest BCUT2D eigenvalue weighted by Gasteiger charge is 2.02. The summed E-state index contributed by atoms with van der Waals surface area (Å²) in [4.78, 5) is 18.3. The van der Waals surface area contributed by atoms with Crippen LogP contribution in [0.25, 0.3) is 0 Å². The number of nitrogens with one attached hydrogen (secondary N) is 1. The molecule has 2 rings (SSSR count). The third kappa shape index (κ3) is 3.01. The Bertz CT molecular complexity index is 578. The second-order valence-corrected chi connectivity index (χ2v) is 4.01. The van der Waals surface area contributed by atoms with Gasteiger partial charge in [0.25, 0.3) is 5.56 Å². The van der Waals surface area contributed by atoms with Crippen LogP contribution in [-0.2, 0) is 19.4 Å². The van der Waals surface area contributed by atoms with Crippen LogP contribution in [0.4, 0.5) is 4.39 Å². The van der Waals surface area contributed by atoms with Crippen LogP contribution in [0.2, 0.25) is 0 Å². The molecule has 1 heterocycles. The van der Waals surface area contributed by atoms with Gasteiger partial charge in [-0.2, -0.15) is 0 Å². The minimum Gasteiger partial charge on any atom is -0.326 e. The Hall–Kier alpha value is -2.01. The average molecular weight is 247 g/mol. The van der Waals surface area contributed by atoms with Gasteiger partial charge in [0.1, 0.15) is 11.6 Å². The van der Waals surface area contributed by atoms with E-state index in [1.807, 2.05) is 0 Å². The molecule has 0 fully saturated rings. The van der Waals surface area contributed by atoms with Crippen molar-refractivity contribution in [2.24, 2.45) is 5.73 Å². The van der Waals surface area contributed by atoms with Gasteiger partial charge in [-0.3, -0.25) is 4.79 Å². The van der Waals surface area contributed by atoms with Crippen LogP contribution in [0.15, 0.2) is 35.3 Å². The Kier molecular flexibility index (Phi) is 3.84. The second-order valence-electron chi connectivity index (χ2n) is 4.01. The molecule has 0 aliphatic rings. The fraction of sp³-hybridized carbons (Fsp3) is 0.231. The molecule has 0 amide bonds. The predicted molar refractivity (Wildman–Crippen MR) is 66.6 cm³/mol. The van der Waals surface area contributed by atoms with Gasteiger partial charge in [0.2, 0.25) is 0 Å². The zero-order chi connectivity index (χ0) is 13.0. The van der Waals surface area contributed by atoms with Crippen molar-refractivity contribution in [3.05, 3.63) is 63.6 Å². The molecule has 0 bridgehead atoms. The molecule has 94 valence electrons. The first kappa shape index (κ1) is 12.4. The Morgan fingerprint density at radius 2 is 1.94 bits per heavy atom. The van der Waals surface area contributed by atoms with E-state index in [2.05, 4.69) is 9.97 Å². The third-order valence-electron chi connectivity index (χ3n) is 2.71. The highest BCUT2D eigenvalue weighted by molar-refractivity contribution is 5.17. The normalized spacial score (nSPS) is 10.6. The summed E-state index contributed by atoms with van der Waals surface area (Å²) in [6.45, 7) is 0.181. The molecule has 2 aromatic rings. The maximum absolute atomic E-state index is 12.7. The highest BCUT2D eigenvalue weighted by atomic mass is 19.1. The lowest BCUT2D eigenvalue weighted by Crippen LogP contribution is -2.19. The SMILES string of the molecule is NCc1cnc(CCc2ccc(F)cc2)[nH]c1=O. The molecule has 1 aromatic carbocycles. The topological polar surface area (TPSA) is 71.8 Å². The summed E-state index contributed by atoms with van der Waals surface area (Å²) in [5.41, 5.74) is 6.67. The first-order valence-corrected chi connectivity index (χ1v) is 5.70. The van der Waals surface area contributed by atoms with E-state index < -0.39 is 0 Å². The van der Waals surface area contributed by atoms with Gasteiger partial charge in [0, 0.05) is 24.7 Å². The van der Waals surface area contributed by atoms with Gasteiger partial charge in [-0.25, -0.2) is 9.37 Å². The van der Waals surface area contributed by atoms with Gasteiger partial charge in [0.05, 0.1) is 0 Å². The van der Waals surface area contributed by atoms with Crippen LogP contribution in [-0.4, -0.2) is 9.97 Å². The van der Waals surface area contributed by atoms with E-state index in [4.69, 9.17) is 5.73 Å². The standard InChI is InChI=1S/C13H14FN3O/c14-11-4-1-9(2-5-11)3-6-12-16-8-10(7-15)13(18)17-12/h1-2,4-5,8H,3,6-7,15H2,(H,16,17,18). The summed E-state index contributed by atoms with van der Waals surface area (Å²) in [6.07, 6.45) is 2.80. The molecule has 0 aliphatic heterocycles. The number of aryl methyl sites for hydroxylation is 2. The summed E-state index contributed by atoms with van der Waals surface area (Å²) in [7, 11) is 0. The molecular weight excluding hydrogens is 233 g/mol. The van der Waals surface area contributed by atoms with Crippen molar-refractivity contribution in [2.45, 2.75) is 19.4 Å². The molecule has 3 N–H and O–H groups in total. The average Bonchev–Trinajstić information content (AvgIpc) is 2.38. The number of aromatic amines is 1. The number of hydrogen-bond acceptors (Lipinski definition) is 3. The van der Waals surface area contributed by atoms with Gasteiger partial charge >= 0.3 is 0 Å². The zero-order valence-electron chi connectivity index (χ0n) is 9.82. The molecule has 18 heavy (non-hydrogen) atoms. The lowest BCUT2D eigenvalue weighted by Gasteiger charge is -2.02. The first-order chi connectivity index (χ1) is 8.69. The van der Waals surface area contributed by atoms with Gasteiger partial charge in [-0.15, -0.1) is 0 Å². The number of H-pyrrole nitrogens is 1. The minimum atomic E-state index is -0.252. The number of halogens is 1. The number of nitrogens with zero attached hydrogens (tertiary/aromatic N) is 1. The smallest absolute Gasteiger partial charge is 0.255 e. The summed E-state index contributed by atoms with van der Waals surface area (Å²) in [5, 5.41) is 0. The van der Waals surface area contributed by atoms with Crippen LogP contribution < -0.4 is 11.3 Å². The Morgan fingerprint density at radius 1 is 1.22 bits per heavy atom. The van der Waals surface area contributed by atoms with Gasteiger partial charge in [-0.1, -0.05) is 12.1 Å². The van der Waals surface area contributed by atoms with Crippen LogP contribution in [0.1, 0.15) is 17.0 Å².